The minimum absolute atomic E-state index is 0.0166. The lowest BCUT2D eigenvalue weighted by atomic mass is 10.1. The van der Waals surface area contributed by atoms with Crippen molar-refractivity contribution in [2.75, 3.05) is 18.4 Å². The van der Waals surface area contributed by atoms with E-state index in [-0.39, 0.29) is 35.5 Å². The molecular weight excluding hydrogens is 464 g/mol. The number of hydrogen-bond acceptors (Lipinski definition) is 11. The van der Waals surface area contributed by atoms with Crippen molar-refractivity contribution in [3.05, 3.63) is 75.8 Å². The van der Waals surface area contributed by atoms with Crippen LogP contribution in [0.5, 0.6) is 17.4 Å². The van der Waals surface area contributed by atoms with Gasteiger partial charge in [-0.05, 0) is 22.4 Å². The van der Waals surface area contributed by atoms with Gasteiger partial charge in [0, 0.05) is 18.6 Å². The maximum Gasteiger partial charge on any atom is 0.307 e. The van der Waals surface area contributed by atoms with Gasteiger partial charge in [0.25, 0.3) is 5.56 Å². The number of nitrogens with two attached hydrogens (primary N) is 1. The SMILES string of the molecule is Nn1c(SCC(=O)c2c([O-])on[n+]2-c2ccccc2)nnc(Cc2ccc3c(c2)OCO3)c1=O. The molecule has 1 aliphatic rings. The highest BCUT2D eigenvalue weighted by atomic mass is 32.2. The second kappa shape index (κ2) is 8.86. The van der Waals surface area contributed by atoms with E-state index in [0.717, 1.165) is 26.7 Å². The molecule has 2 aromatic heterocycles. The van der Waals surface area contributed by atoms with E-state index in [2.05, 4.69) is 20.0 Å². The van der Waals surface area contributed by atoms with Gasteiger partial charge >= 0.3 is 5.69 Å². The summed E-state index contributed by atoms with van der Waals surface area (Å²) in [5, 5.41) is 23.7. The molecule has 4 aromatic rings. The van der Waals surface area contributed by atoms with Crippen molar-refractivity contribution in [3.63, 3.8) is 0 Å². The Morgan fingerprint density at radius 2 is 1.94 bits per heavy atom. The zero-order chi connectivity index (χ0) is 23.7. The van der Waals surface area contributed by atoms with Crippen molar-refractivity contribution in [2.45, 2.75) is 11.6 Å². The molecule has 0 spiro atoms. The molecule has 0 unspecified atom stereocenters. The van der Waals surface area contributed by atoms with Crippen molar-refractivity contribution in [1.82, 2.24) is 20.1 Å². The Morgan fingerprint density at radius 3 is 2.76 bits per heavy atom. The van der Waals surface area contributed by atoms with Crippen LogP contribution in [0.15, 0.2) is 63.0 Å². The summed E-state index contributed by atoms with van der Waals surface area (Å²) in [6.45, 7) is 0.146. The van der Waals surface area contributed by atoms with Crippen molar-refractivity contribution >= 4 is 17.5 Å². The first kappa shape index (κ1) is 21.5. The summed E-state index contributed by atoms with van der Waals surface area (Å²) in [5.41, 5.74) is 0.575. The number of benzene rings is 2. The lowest BCUT2D eigenvalue weighted by molar-refractivity contribution is -0.672. The molecule has 0 saturated heterocycles. The number of fused-ring (bicyclic) bond motifs is 1. The first-order valence-electron chi connectivity index (χ1n) is 9.94. The molecule has 2 N–H and O–H groups in total. The molecular formula is C21H16N6O6S. The largest absolute Gasteiger partial charge is 0.539 e. The van der Waals surface area contributed by atoms with E-state index < -0.39 is 17.3 Å². The van der Waals surface area contributed by atoms with Crippen LogP contribution in [0.4, 0.5) is 0 Å². The number of aromatic nitrogens is 5. The number of Topliss-reactive ketones (excluding diaryl/α,β-unsaturated/α-hetero) is 1. The number of nitrogens with zero attached hydrogens (tertiary/aromatic N) is 5. The van der Waals surface area contributed by atoms with Gasteiger partial charge in [-0.3, -0.25) is 9.59 Å². The Bertz CT molecular complexity index is 1440. The molecule has 172 valence electrons. The quantitative estimate of drug-likeness (QED) is 0.164. The van der Waals surface area contributed by atoms with Crippen LogP contribution >= 0.6 is 11.8 Å². The highest BCUT2D eigenvalue weighted by Gasteiger charge is 2.28. The minimum Gasteiger partial charge on any atom is -0.539 e. The van der Waals surface area contributed by atoms with Crippen LogP contribution in [0.3, 0.4) is 0 Å². The molecule has 0 radical (unpaired) electrons. The number of carbonyl (C=O) groups excluding carboxylic acids is 1. The smallest absolute Gasteiger partial charge is 0.307 e. The standard InChI is InChI=1S/C21H16N6O6S/c22-26-19(29)14(8-12-6-7-16-17(9-12)32-11-31-16)23-24-21(26)34-10-15(28)18-20(30)33-25-27(18)13-4-2-1-3-5-13/h1-7,9H,8,10-11,22H2. The average Bonchev–Trinajstić information content (AvgIpc) is 3.48. The fourth-order valence-corrected chi connectivity index (χ4v) is 4.02. The van der Waals surface area contributed by atoms with E-state index in [1.54, 1.807) is 48.5 Å². The molecule has 0 saturated carbocycles. The normalized spacial score (nSPS) is 12.1. The molecule has 2 aromatic carbocycles. The molecule has 34 heavy (non-hydrogen) atoms. The molecule has 0 amide bonds. The van der Waals surface area contributed by atoms with Gasteiger partial charge in [0.15, 0.2) is 17.4 Å². The highest BCUT2D eigenvalue weighted by molar-refractivity contribution is 7.99. The predicted octanol–water partition coefficient (Wildman–Crippen LogP) is -0.0151. The van der Waals surface area contributed by atoms with Crippen LogP contribution in [0.2, 0.25) is 0 Å². The molecule has 0 atom stereocenters. The maximum absolute atomic E-state index is 12.8. The third kappa shape index (κ3) is 4.03. The lowest BCUT2D eigenvalue weighted by Crippen LogP contribution is -2.39. The summed E-state index contributed by atoms with van der Waals surface area (Å²) in [4.78, 5) is 25.4. The van der Waals surface area contributed by atoms with Gasteiger partial charge in [-0.15, -0.1) is 10.2 Å². The summed E-state index contributed by atoms with van der Waals surface area (Å²) in [6, 6.07) is 13.9. The second-order valence-electron chi connectivity index (χ2n) is 7.14. The first-order valence-corrected chi connectivity index (χ1v) is 10.9. The summed E-state index contributed by atoms with van der Waals surface area (Å²) in [7, 11) is 0. The third-order valence-electron chi connectivity index (χ3n) is 4.94. The summed E-state index contributed by atoms with van der Waals surface area (Å²) >= 11 is 0.868. The van der Waals surface area contributed by atoms with E-state index >= 15 is 0 Å². The van der Waals surface area contributed by atoms with Gasteiger partial charge in [0.1, 0.15) is 5.69 Å². The van der Waals surface area contributed by atoms with Crippen molar-refractivity contribution in [1.29, 1.82) is 0 Å². The lowest BCUT2D eigenvalue weighted by Gasteiger charge is -2.07. The van der Waals surface area contributed by atoms with E-state index in [1.165, 1.54) is 0 Å². The van der Waals surface area contributed by atoms with Gasteiger partial charge in [0.05, 0.1) is 11.0 Å². The zero-order valence-corrected chi connectivity index (χ0v) is 18.2. The maximum atomic E-state index is 12.8. The molecule has 0 aliphatic carbocycles. The first-order chi connectivity index (χ1) is 16.5. The summed E-state index contributed by atoms with van der Waals surface area (Å²) < 4.78 is 17.2. The third-order valence-corrected chi connectivity index (χ3v) is 5.89. The average molecular weight is 480 g/mol. The predicted molar refractivity (Wildman–Crippen MR) is 114 cm³/mol. The number of carbonyl (C=O) groups is 1. The fraction of sp³-hybridized carbons (Fsp3) is 0.143. The van der Waals surface area contributed by atoms with E-state index in [9.17, 15) is 14.7 Å². The van der Waals surface area contributed by atoms with Gasteiger partial charge < -0.3 is 24.9 Å². The number of ether oxygens (including phenoxy) is 2. The molecule has 0 bridgehead atoms. The molecule has 3 heterocycles. The topological polar surface area (TPSA) is 162 Å². The van der Waals surface area contributed by atoms with E-state index in [4.69, 9.17) is 15.3 Å². The number of hydrogen-bond donors (Lipinski definition) is 1. The van der Waals surface area contributed by atoms with Gasteiger partial charge in [0.2, 0.25) is 23.4 Å². The summed E-state index contributed by atoms with van der Waals surface area (Å²) in [5.74, 6) is 5.45. The van der Waals surface area contributed by atoms with E-state index in [0.29, 0.717) is 17.2 Å². The Kier molecular flexibility index (Phi) is 5.59. The van der Waals surface area contributed by atoms with Crippen LogP contribution in [-0.2, 0) is 6.42 Å². The molecule has 1 aliphatic heterocycles. The molecule has 5 rings (SSSR count). The minimum atomic E-state index is -0.871. The number of thioether (sulfide) groups is 1. The fourth-order valence-electron chi connectivity index (χ4n) is 3.30. The van der Waals surface area contributed by atoms with Gasteiger partial charge in [-0.2, -0.15) is 4.68 Å². The molecule has 13 heteroatoms. The van der Waals surface area contributed by atoms with Gasteiger partial charge in [-0.1, -0.05) is 36.0 Å². The van der Waals surface area contributed by atoms with E-state index in [1.807, 2.05) is 0 Å². The second-order valence-corrected chi connectivity index (χ2v) is 8.08. The van der Waals surface area contributed by atoms with Crippen LogP contribution in [0.1, 0.15) is 21.7 Å². The van der Waals surface area contributed by atoms with Gasteiger partial charge in [-0.25, -0.2) is 0 Å². The zero-order valence-electron chi connectivity index (χ0n) is 17.4. The number of nitrogen functional groups attached to an aromatic ring is 1. The highest BCUT2D eigenvalue weighted by Crippen LogP contribution is 2.32. The molecule has 12 nitrogen and oxygen atoms in total. The number of ketones is 1. The molecule has 0 fully saturated rings. The number of para-hydroxylation sites is 1. The van der Waals surface area contributed by atoms with Crippen molar-refractivity contribution < 1.29 is 28.6 Å². The Hall–Kier alpha value is -4.39. The summed E-state index contributed by atoms with van der Waals surface area (Å²) in [6.07, 6.45) is 0.181. The monoisotopic (exact) mass is 480 g/mol. The number of rotatable bonds is 7. The van der Waals surface area contributed by atoms with Crippen molar-refractivity contribution in [3.8, 4) is 23.1 Å². The Morgan fingerprint density at radius 1 is 1.15 bits per heavy atom. The van der Waals surface area contributed by atoms with Crippen LogP contribution in [0, 0.1) is 0 Å². The van der Waals surface area contributed by atoms with Crippen LogP contribution in [-0.4, -0.2) is 38.5 Å². The van der Waals surface area contributed by atoms with Crippen LogP contribution < -0.4 is 30.7 Å². The van der Waals surface area contributed by atoms with Crippen molar-refractivity contribution in [2.24, 2.45) is 0 Å². The Labute approximate surface area is 195 Å². The van der Waals surface area contributed by atoms with Crippen LogP contribution in [0.25, 0.3) is 5.69 Å². The Balaban J connectivity index is 1.32.